The van der Waals surface area contributed by atoms with Crippen LogP contribution in [0.1, 0.15) is 53.4 Å². The lowest BCUT2D eigenvalue weighted by atomic mass is 9.59. The van der Waals surface area contributed by atoms with Crippen LogP contribution in [-0.2, 0) is 0 Å². The molecule has 1 saturated carbocycles. The molecule has 92 valence electrons. The summed E-state index contributed by atoms with van der Waals surface area (Å²) in [5.74, 6) is 1.76. The van der Waals surface area contributed by atoms with Crippen LogP contribution in [0.5, 0.6) is 0 Å². The number of hydrogen-bond donors (Lipinski definition) is 1. The second-order valence-corrected chi connectivity index (χ2v) is 6.42. The van der Waals surface area contributed by atoms with Gasteiger partial charge in [-0.2, -0.15) is 0 Å². The lowest BCUT2D eigenvalue weighted by molar-refractivity contribution is -0.0703. The van der Waals surface area contributed by atoms with Crippen molar-refractivity contribution in [2.75, 3.05) is 0 Å². The molecule has 2 aliphatic rings. The van der Waals surface area contributed by atoms with Gasteiger partial charge in [0.05, 0.1) is 6.10 Å². The minimum atomic E-state index is -0.117. The van der Waals surface area contributed by atoms with Gasteiger partial charge < -0.3 is 5.11 Å². The van der Waals surface area contributed by atoms with Gasteiger partial charge in [-0.05, 0) is 50.4 Å². The Morgan fingerprint density at radius 1 is 1.38 bits per heavy atom. The number of rotatable bonds is 1. The second-order valence-electron chi connectivity index (χ2n) is 6.42. The van der Waals surface area contributed by atoms with E-state index in [1.54, 1.807) is 0 Å². The highest BCUT2D eigenvalue weighted by atomic mass is 16.3. The van der Waals surface area contributed by atoms with Crippen LogP contribution in [-0.4, -0.2) is 11.2 Å². The van der Waals surface area contributed by atoms with Gasteiger partial charge in [-0.15, -0.1) is 0 Å². The molecule has 0 heterocycles. The summed E-state index contributed by atoms with van der Waals surface area (Å²) >= 11 is 0. The van der Waals surface area contributed by atoms with Crippen molar-refractivity contribution in [3.63, 3.8) is 0 Å². The fourth-order valence-electron chi connectivity index (χ4n) is 3.87. The zero-order valence-electron chi connectivity index (χ0n) is 11.2. The van der Waals surface area contributed by atoms with Gasteiger partial charge in [0.1, 0.15) is 0 Å². The molecule has 0 aromatic carbocycles. The van der Waals surface area contributed by atoms with E-state index in [2.05, 4.69) is 33.8 Å². The zero-order valence-corrected chi connectivity index (χ0v) is 11.2. The van der Waals surface area contributed by atoms with Gasteiger partial charge in [0.2, 0.25) is 0 Å². The lowest BCUT2D eigenvalue weighted by Crippen LogP contribution is -2.48. The summed E-state index contributed by atoms with van der Waals surface area (Å²) in [5.41, 5.74) is 1.56. The van der Waals surface area contributed by atoms with Crippen molar-refractivity contribution in [2.24, 2.45) is 23.2 Å². The summed E-state index contributed by atoms with van der Waals surface area (Å²) in [4.78, 5) is 0. The van der Waals surface area contributed by atoms with Crippen molar-refractivity contribution in [1.29, 1.82) is 0 Å². The fraction of sp³-hybridized carbons (Fsp3) is 0.867. The zero-order chi connectivity index (χ0) is 11.9. The minimum Gasteiger partial charge on any atom is -0.392 e. The molecule has 16 heavy (non-hydrogen) atoms. The van der Waals surface area contributed by atoms with E-state index in [9.17, 15) is 5.11 Å². The van der Waals surface area contributed by atoms with Gasteiger partial charge in [0.15, 0.2) is 0 Å². The first kappa shape index (κ1) is 12.2. The number of hydrogen-bond acceptors (Lipinski definition) is 1. The molecule has 0 amide bonds. The Bertz CT molecular complexity index is 292. The van der Waals surface area contributed by atoms with E-state index in [4.69, 9.17) is 0 Å². The molecule has 0 aliphatic heterocycles. The molecule has 2 rings (SSSR count). The maximum absolute atomic E-state index is 10.7. The maximum Gasteiger partial charge on any atom is 0.0664 e. The smallest absolute Gasteiger partial charge is 0.0664 e. The monoisotopic (exact) mass is 222 g/mol. The van der Waals surface area contributed by atoms with Crippen LogP contribution in [0.3, 0.4) is 0 Å². The van der Waals surface area contributed by atoms with Crippen molar-refractivity contribution < 1.29 is 5.11 Å². The molecule has 0 aromatic rings. The third kappa shape index (κ3) is 1.73. The first-order valence-electron chi connectivity index (χ1n) is 6.84. The molecule has 2 bridgehead atoms. The number of allylic oxidation sites excluding steroid dienone is 1. The van der Waals surface area contributed by atoms with E-state index >= 15 is 0 Å². The molecule has 2 aliphatic carbocycles. The Kier molecular flexibility index (Phi) is 3.18. The number of fused-ring (bicyclic) bond motifs is 2. The molecule has 0 spiro atoms. The average Bonchev–Trinajstić information content (AvgIpc) is 2.28. The van der Waals surface area contributed by atoms with Crippen LogP contribution < -0.4 is 0 Å². The van der Waals surface area contributed by atoms with Crippen LogP contribution in [0.4, 0.5) is 0 Å². The van der Waals surface area contributed by atoms with Gasteiger partial charge in [0.25, 0.3) is 0 Å². The maximum atomic E-state index is 10.7. The molecule has 1 N–H and O–H groups in total. The third-order valence-corrected chi connectivity index (χ3v) is 5.18. The highest BCUT2D eigenvalue weighted by Crippen LogP contribution is 2.52. The normalized spacial score (nSPS) is 44.1. The standard InChI is InChI=1S/C15H26O/c1-10(2)15-8-7-12(4)13(14(15)16)6-5-11(3)9-15/h9-10,12-14,16H,5-8H2,1-4H3/t12-,13+,14-,15+/m1/s1. The van der Waals surface area contributed by atoms with Crippen molar-refractivity contribution in [1.82, 2.24) is 0 Å². The molecule has 0 radical (unpaired) electrons. The van der Waals surface area contributed by atoms with Gasteiger partial charge in [-0.1, -0.05) is 32.4 Å². The summed E-state index contributed by atoms with van der Waals surface area (Å²) in [5, 5.41) is 10.7. The minimum absolute atomic E-state index is 0.0672. The third-order valence-electron chi connectivity index (χ3n) is 5.18. The summed E-state index contributed by atoms with van der Waals surface area (Å²) in [6.45, 7) is 9.09. The van der Waals surface area contributed by atoms with E-state index in [1.807, 2.05) is 0 Å². The highest BCUT2D eigenvalue weighted by molar-refractivity contribution is 5.17. The summed E-state index contributed by atoms with van der Waals surface area (Å²) in [6.07, 6.45) is 7.10. The first-order chi connectivity index (χ1) is 7.47. The Morgan fingerprint density at radius 3 is 2.69 bits per heavy atom. The molecular weight excluding hydrogens is 196 g/mol. The van der Waals surface area contributed by atoms with Crippen molar-refractivity contribution in [2.45, 2.75) is 59.5 Å². The van der Waals surface area contributed by atoms with Crippen LogP contribution in [0.15, 0.2) is 11.6 Å². The Balaban J connectivity index is 2.40. The van der Waals surface area contributed by atoms with Crippen LogP contribution in [0.2, 0.25) is 0 Å². The van der Waals surface area contributed by atoms with E-state index in [0.29, 0.717) is 17.8 Å². The summed E-state index contributed by atoms with van der Waals surface area (Å²) in [6, 6.07) is 0. The van der Waals surface area contributed by atoms with E-state index in [1.165, 1.54) is 31.3 Å². The largest absolute Gasteiger partial charge is 0.392 e. The molecule has 1 nitrogen and oxygen atoms in total. The van der Waals surface area contributed by atoms with Crippen molar-refractivity contribution >= 4 is 0 Å². The second kappa shape index (κ2) is 4.18. The van der Waals surface area contributed by atoms with Gasteiger partial charge in [-0.3, -0.25) is 0 Å². The SMILES string of the molecule is CC1=C[C@]2(C(C)C)CC[C@@H](C)[C@H](CC1)[C@H]2O. The lowest BCUT2D eigenvalue weighted by Gasteiger charge is -2.48. The molecule has 0 unspecified atom stereocenters. The summed E-state index contributed by atoms with van der Waals surface area (Å²) in [7, 11) is 0. The molecule has 1 heteroatoms. The number of aliphatic hydroxyl groups is 1. The Morgan fingerprint density at radius 2 is 2.06 bits per heavy atom. The van der Waals surface area contributed by atoms with Gasteiger partial charge in [0, 0.05) is 5.41 Å². The first-order valence-corrected chi connectivity index (χ1v) is 6.84. The van der Waals surface area contributed by atoms with Gasteiger partial charge >= 0.3 is 0 Å². The van der Waals surface area contributed by atoms with Crippen LogP contribution in [0, 0.1) is 23.2 Å². The molecule has 1 fully saturated rings. The predicted molar refractivity (Wildman–Crippen MR) is 68.2 cm³/mol. The van der Waals surface area contributed by atoms with Crippen molar-refractivity contribution in [3.05, 3.63) is 11.6 Å². The van der Waals surface area contributed by atoms with Crippen molar-refractivity contribution in [3.8, 4) is 0 Å². The predicted octanol–water partition coefficient (Wildman–Crippen LogP) is 3.78. The van der Waals surface area contributed by atoms with Gasteiger partial charge in [-0.25, -0.2) is 0 Å². The molecule has 0 aromatic heterocycles. The van der Waals surface area contributed by atoms with E-state index in [0.717, 1.165) is 0 Å². The van der Waals surface area contributed by atoms with E-state index in [-0.39, 0.29) is 11.5 Å². The quantitative estimate of drug-likeness (QED) is 0.669. The highest BCUT2D eigenvalue weighted by Gasteiger charge is 2.48. The summed E-state index contributed by atoms with van der Waals surface area (Å²) < 4.78 is 0. The van der Waals surface area contributed by atoms with Crippen LogP contribution in [0.25, 0.3) is 0 Å². The molecule has 0 saturated heterocycles. The average molecular weight is 222 g/mol. The fourth-order valence-corrected chi connectivity index (χ4v) is 3.87. The Hall–Kier alpha value is -0.300. The van der Waals surface area contributed by atoms with E-state index < -0.39 is 0 Å². The molecular formula is C15H26O. The Labute approximate surface area is 99.9 Å². The van der Waals surface area contributed by atoms with Crippen LogP contribution >= 0.6 is 0 Å². The number of aliphatic hydroxyl groups excluding tert-OH is 1. The molecule has 4 atom stereocenters. The topological polar surface area (TPSA) is 20.2 Å².